The second-order valence-electron chi connectivity index (χ2n) is 3.65. The Morgan fingerprint density at radius 2 is 2.33 bits per heavy atom. The molecule has 0 atom stereocenters. The Morgan fingerprint density at radius 3 is 3.07 bits per heavy atom. The van der Waals surface area contributed by atoms with Gasteiger partial charge in [-0.25, -0.2) is 4.52 Å². The van der Waals surface area contributed by atoms with Crippen LogP contribution in [0.4, 0.5) is 0 Å². The van der Waals surface area contributed by atoms with Crippen LogP contribution in [0.25, 0.3) is 5.52 Å². The monoisotopic (exact) mass is 200 g/mol. The van der Waals surface area contributed by atoms with Crippen molar-refractivity contribution >= 4 is 11.3 Å². The summed E-state index contributed by atoms with van der Waals surface area (Å²) in [6.07, 6.45) is 3.82. The maximum atomic E-state index is 11.8. The fourth-order valence-corrected chi connectivity index (χ4v) is 1.52. The third-order valence-corrected chi connectivity index (χ3v) is 2.19. The molecule has 0 spiro atoms. The Kier molecular flexibility index (Phi) is 2.37. The first-order valence-corrected chi connectivity index (χ1v) is 4.78. The maximum Gasteiger partial charge on any atom is 0.170 e. The van der Waals surface area contributed by atoms with E-state index in [4.69, 9.17) is 0 Å². The van der Waals surface area contributed by atoms with Gasteiger partial charge in [-0.1, -0.05) is 18.2 Å². The van der Waals surface area contributed by atoms with Crippen molar-refractivity contribution in [1.29, 1.82) is 0 Å². The third kappa shape index (κ3) is 1.81. The van der Waals surface area contributed by atoms with Gasteiger partial charge in [0.05, 0.1) is 17.3 Å². The molecule has 0 aromatic carbocycles. The molecular formula is C12H12N2O. The molecule has 15 heavy (non-hydrogen) atoms. The number of ketones is 1. The lowest BCUT2D eigenvalue weighted by molar-refractivity contribution is 0.0994. The second kappa shape index (κ2) is 3.69. The van der Waals surface area contributed by atoms with Crippen molar-refractivity contribution in [2.24, 2.45) is 0 Å². The van der Waals surface area contributed by atoms with E-state index >= 15 is 0 Å². The van der Waals surface area contributed by atoms with Crippen molar-refractivity contribution in [3.8, 4) is 0 Å². The van der Waals surface area contributed by atoms with E-state index < -0.39 is 0 Å². The van der Waals surface area contributed by atoms with Gasteiger partial charge in [0.2, 0.25) is 0 Å². The highest BCUT2D eigenvalue weighted by atomic mass is 16.1. The summed E-state index contributed by atoms with van der Waals surface area (Å²) in [5.41, 5.74) is 2.39. The normalized spacial score (nSPS) is 10.5. The minimum absolute atomic E-state index is 0.0729. The third-order valence-electron chi connectivity index (χ3n) is 2.19. The van der Waals surface area contributed by atoms with Gasteiger partial charge in [-0.05, 0) is 19.1 Å². The van der Waals surface area contributed by atoms with Gasteiger partial charge in [-0.15, -0.1) is 0 Å². The van der Waals surface area contributed by atoms with Crippen LogP contribution in [0.5, 0.6) is 0 Å². The smallest absolute Gasteiger partial charge is 0.170 e. The quantitative estimate of drug-likeness (QED) is 0.563. The number of rotatable bonds is 3. The summed E-state index contributed by atoms with van der Waals surface area (Å²) in [6, 6.07) is 5.67. The Bertz CT molecular complexity index is 525. The largest absolute Gasteiger partial charge is 0.294 e. The summed E-state index contributed by atoms with van der Waals surface area (Å²) in [6.45, 7) is 5.59. The fourth-order valence-electron chi connectivity index (χ4n) is 1.52. The molecule has 0 saturated heterocycles. The highest BCUT2D eigenvalue weighted by Crippen LogP contribution is 2.14. The molecule has 2 aromatic rings. The van der Waals surface area contributed by atoms with E-state index in [0.29, 0.717) is 12.0 Å². The van der Waals surface area contributed by atoms with Crippen LogP contribution >= 0.6 is 0 Å². The van der Waals surface area contributed by atoms with Gasteiger partial charge in [-0.3, -0.25) is 4.79 Å². The number of carbonyl (C=O) groups is 1. The zero-order chi connectivity index (χ0) is 10.8. The molecule has 3 nitrogen and oxygen atoms in total. The molecule has 0 bridgehead atoms. The average Bonchev–Trinajstić information content (AvgIpc) is 2.59. The first-order valence-electron chi connectivity index (χ1n) is 4.78. The number of pyridine rings is 1. The van der Waals surface area contributed by atoms with Gasteiger partial charge in [-0.2, -0.15) is 5.10 Å². The van der Waals surface area contributed by atoms with Gasteiger partial charge < -0.3 is 0 Å². The Balaban J connectivity index is 2.44. The van der Waals surface area contributed by atoms with Gasteiger partial charge in [0, 0.05) is 12.6 Å². The Hall–Kier alpha value is -1.90. The van der Waals surface area contributed by atoms with Crippen molar-refractivity contribution < 1.29 is 4.79 Å². The molecule has 0 radical (unpaired) electrons. The van der Waals surface area contributed by atoms with Gasteiger partial charge in [0.25, 0.3) is 0 Å². The molecule has 2 rings (SSSR count). The first-order chi connectivity index (χ1) is 7.18. The number of nitrogens with zero attached hydrogens (tertiary/aromatic N) is 2. The lowest BCUT2D eigenvalue weighted by atomic mass is 10.1. The van der Waals surface area contributed by atoms with E-state index in [2.05, 4.69) is 11.7 Å². The number of allylic oxidation sites excluding steroid dienone is 1. The number of hydrogen-bond donors (Lipinski definition) is 0. The highest BCUT2D eigenvalue weighted by Gasteiger charge is 2.11. The number of fused-ring (bicyclic) bond motifs is 1. The van der Waals surface area contributed by atoms with Crippen LogP contribution in [-0.4, -0.2) is 15.4 Å². The van der Waals surface area contributed by atoms with Crippen LogP contribution in [0.2, 0.25) is 0 Å². The predicted octanol–water partition coefficient (Wildman–Crippen LogP) is 2.48. The van der Waals surface area contributed by atoms with Crippen LogP contribution in [0, 0.1) is 0 Å². The van der Waals surface area contributed by atoms with E-state index in [9.17, 15) is 4.79 Å². The van der Waals surface area contributed by atoms with E-state index in [-0.39, 0.29) is 5.78 Å². The lowest BCUT2D eigenvalue weighted by Gasteiger charge is -1.97. The molecule has 0 fully saturated rings. The zero-order valence-electron chi connectivity index (χ0n) is 8.60. The van der Waals surface area contributed by atoms with E-state index in [1.54, 1.807) is 10.7 Å². The SMILES string of the molecule is C=C(C)CC(=O)c1cnn2ccccc12. The van der Waals surface area contributed by atoms with Crippen LogP contribution in [-0.2, 0) is 0 Å². The van der Waals surface area contributed by atoms with E-state index in [0.717, 1.165) is 11.1 Å². The van der Waals surface area contributed by atoms with Crippen LogP contribution in [0.3, 0.4) is 0 Å². The lowest BCUT2D eigenvalue weighted by Crippen LogP contribution is -1.98. The summed E-state index contributed by atoms with van der Waals surface area (Å²) in [5.74, 6) is 0.0729. The average molecular weight is 200 g/mol. The molecular weight excluding hydrogens is 188 g/mol. The van der Waals surface area contributed by atoms with Gasteiger partial charge in [0.1, 0.15) is 0 Å². The van der Waals surface area contributed by atoms with Crippen molar-refractivity contribution in [3.05, 3.63) is 48.3 Å². The number of carbonyl (C=O) groups excluding carboxylic acids is 1. The summed E-state index contributed by atoms with van der Waals surface area (Å²) < 4.78 is 1.70. The predicted molar refractivity (Wildman–Crippen MR) is 59.0 cm³/mol. The molecule has 0 aliphatic carbocycles. The van der Waals surface area contributed by atoms with Crippen molar-refractivity contribution in [3.63, 3.8) is 0 Å². The highest BCUT2D eigenvalue weighted by molar-refractivity contribution is 6.03. The second-order valence-corrected chi connectivity index (χ2v) is 3.65. The molecule has 3 heteroatoms. The molecule has 0 aliphatic rings. The molecule has 76 valence electrons. The topological polar surface area (TPSA) is 34.4 Å². The van der Waals surface area contributed by atoms with E-state index in [1.165, 1.54) is 0 Å². The Labute approximate surface area is 88.0 Å². The summed E-state index contributed by atoms with van der Waals surface area (Å²) in [7, 11) is 0. The van der Waals surface area contributed by atoms with Crippen molar-refractivity contribution in [1.82, 2.24) is 9.61 Å². The van der Waals surface area contributed by atoms with Gasteiger partial charge >= 0.3 is 0 Å². The molecule has 0 aliphatic heterocycles. The van der Waals surface area contributed by atoms with Crippen LogP contribution in [0.1, 0.15) is 23.7 Å². The summed E-state index contributed by atoms with van der Waals surface area (Å²) in [4.78, 5) is 11.8. The van der Waals surface area contributed by atoms with E-state index in [1.807, 2.05) is 31.3 Å². The Morgan fingerprint density at radius 1 is 1.53 bits per heavy atom. The zero-order valence-corrected chi connectivity index (χ0v) is 8.60. The van der Waals surface area contributed by atoms with Crippen LogP contribution < -0.4 is 0 Å². The minimum atomic E-state index is 0.0729. The van der Waals surface area contributed by atoms with Crippen LogP contribution in [0.15, 0.2) is 42.7 Å². The molecule has 0 N–H and O–H groups in total. The first kappa shape index (κ1) is 9.65. The van der Waals surface area contributed by atoms with Crippen molar-refractivity contribution in [2.45, 2.75) is 13.3 Å². The number of hydrogen-bond acceptors (Lipinski definition) is 2. The maximum absolute atomic E-state index is 11.8. The fraction of sp³-hybridized carbons (Fsp3) is 0.167. The molecule has 2 aromatic heterocycles. The number of aromatic nitrogens is 2. The number of Topliss-reactive ketones (excluding diaryl/α,β-unsaturated/α-hetero) is 1. The van der Waals surface area contributed by atoms with Gasteiger partial charge in [0.15, 0.2) is 5.78 Å². The standard InChI is InChI=1S/C12H12N2O/c1-9(2)7-12(15)10-8-13-14-6-4-3-5-11(10)14/h3-6,8H,1,7H2,2H3. The molecule has 0 amide bonds. The molecule has 0 unspecified atom stereocenters. The summed E-state index contributed by atoms with van der Waals surface area (Å²) in [5, 5.41) is 4.11. The minimum Gasteiger partial charge on any atom is -0.294 e. The van der Waals surface area contributed by atoms with Crippen molar-refractivity contribution in [2.75, 3.05) is 0 Å². The molecule has 0 saturated carbocycles. The summed E-state index contributed by atoms with van der Waals surface area (Å²) >= 11 is 0. The molecule has 2 heterocycles.